The second kappa shape index (κ2) is 10.1. The Morgan fingerprint density at radius 2 is 1.81 bits per heavy atom. The number of carbonyl (C=O) groups is 2. The largest absolute Gasteiger partial charge is 0.465 e. The summed E-state index contributed by atoms with van der Waals surface area (Å²) in [5, 5.41) is 0. The summed E-state index contributed by atoms with van der Waals surface area (Å²) >= 11 is 0. The average Bonchev–Trinajstić information content (AvgIpc) is 2.59. The molecule has 0 N–H and O–H groups in total. The molecule has 0 spiro atoms. The zero-order valence-corrected chi connectivity index (χ0v) is 18.2. The van der Waals surface area contributed by atoms with Gasteiger partial charge in [0.05, 0.1) is 18.6 Å². The van der Waals surface area contributed by atoms with Crippen LogP contribution in [-0.2, 0) is 19.1 Å². The molecule has 0 amide bonds. The first-order valence-electron chi connectivity index (χ1n) is 10.2. The molecule has 0 bridgehead atoms. The van der Waals surface area contributed by atoms with Crippen molar-refractivity contribution in [3.05, 3.63) is 23.3 Å². The first-order valence-corrected chi connectivity index (χ1v) is 10.2. The summed E-state index contributed by atoms with van der Waals surface area (Å²) in [6.45, 7) is 15.9. The summed E-state index contributed by atoms with van der Waals surface area (Å²) in [6.07, 6.45) is 7.50. The number of hydrogen-bond acceptors (Lipinski definition) is 4. The van der Waals surface area contributed by atoms with Gasteiger partial charge in [0.2, 0.25) is 0 Å². The smallest absolute Gasteiger partial charge is 0.333 e. The Bertz CT molecular complexity index is 585. The van der Waals surface area contributed by atoms with Crippen LogP contribution in [0.5, 0.6) is 0 Å². The summed E-state index contributed by atoms with van der Waals surface area (Å²) in [7, 11) is 0. The van der Waals surface area contributed by atoms with E-state index < -0.39 is 16.8 Å². The van der Waals surface area contributed by atoms with Crippen molar-refractivity contribution in [1.82, 2.24) is 0 Å². The highest BCUT2D eigenvalue weighted by Crippen LogP contribution is 2.41. The minimum Gasteiger partial charge on any atom is -0.465 e. The van der Waals surface area contributed by atoms with Gasteiger partial charge in [-0.1, -0.05) is 51.3 Å². The average molecular weight is 379 g/mol. The van der Waals surface area contributed by atoms with Crippen molar-refractivity contribution in [2.24, 2.45) is 10.8 Å². The highest BCUT2D eigenvalue weighted by atomic mass is 16.5. The molecule has 1 atom stereocenters. The molecule has 1 aliphatic rings. The van der Waals surface area contributed by atoms with Crippen LogP contribution in [0.4, 0.5) is 0 Å². The van der Waals surface area contributed by atoms with E-state index >= 15 is 0 Å². The van der Waals surface area contributed by atoms with E-state index in [0.717, 1.165) is 25.7 Å². The van der Waals surface area contributed by atoms with Gasteiger partial charge in [0.25, 0.3) is 0 Å². The molecule has 1 rings (SSSR count). The topological polar surface area (TPSA) is 52.6 Å². The van der Waals surface area contributed by atoms with E-state index in [9.17, 15) is 9.59 Å². The number of allylic oxidation sites excluding steroid dienone is 2. The van der Waals surface area contributed by atoms with Crippen molar-refractivity contribution in [2.75, 3.05) is 13.2 Å². The van der Waals surface area contributed by atoms with Crippen LogP contribution in [-0.4, -0.2) is 25.2 Å². The predicted octanol–water partition coefficient (Wildman–Crippen LogP) is 5.76. The van der Waals surface area contributed by atoms with Crippen LogP contribution in [0.2, 0.25) is 0 Å². The van der Waals surface area contributed by atoms with E-state index in [-0.39, 0.29) is 19.2 Å². The van der Waals surface area contributed by atoms with Crippen LogP contribution in [0.3, 0.4) is 0 Å². The SMILES string of the molecule is C=C(C)C(=O)OCC(C)(C)COC(=O)C1(C)CCC(CCCCC)=C(C)C1. The van der Waals surface area contributed by atoms with Crippen LogP contribution >= 0.6 is 0 Å². The number of unbranched alkanes of at least 4 members (excludes halogenated alkanes) is 2. The van der Waals surface area contributed by atoms with Gasteiger partial charge in [0, 0.05) is 11.0 Å². The minimum absolute atomic E-state index is 0.145. The fourth-order valence-corrected chi connectivity index (χ4v) is 3.40. The molecule has 154 valence electrons. The van der Waals surface area contributed by atoms with Crippen molar-refractivity contribution >= 4 is 11.9 Å². The molecule has 4 heteroatoms. The molecular weight excluding hydrogens is 340 g/mol. The second-order valence-electron chi connectivity index (χ2n) is 9.18. The first-order chi connectivity index (χ1) is 12.5. The van der Waals surface area contributed by atoms with Gasteiger partial charge in [-0.2, -0.15) is 0 Å². The van der Waals surface area contributed by atoms with E-state index in [1.165, 1.54) is 30.4 Å². The molecule has 0 radical (unpaired) electrons. The molecule has 0 aromatic rings. The monoisotopic (exact) mass is 378 g/mol. The van der Waals surface area contributed by atoms with E-state index in [4.69, 9.17) is 9.47 Å². The van der Waals surface area contributed by atoms with Crippen LogP contribution in [0.1, 0.15) is 86.5 Å². The van der Waals surface area contributed by atoms with Crippen LogP contribution in [0, 0.1) is 10.8 Å². The van der Waals surface area contributed by atoms with Crippen LogP contribution < -0.4 is 0 Å². The van der Waals surface area contributed by atoms with Gasteiger partial charge in [-0.3, -0.25) is 4.79 Å². The third-order valence-corrected chi connectivity index (χ3v) is 5.35. The van der Waals surface area contributed by atoms with Crippen LogP contribution in [0.25, 0.3) is 0 Å². The van der Waals surface area contributed by atoms with Crippen molar-refractivity contribution in [2.45, 2.75) is 86.5 Å². The zero-order chi connectivity index (χ0) is 20.7. The van der Waals surface area contributed by atoms with Gasteiger partial charge in [-0.05, 0) is 52.9 Å². The summed E-state index contributed by atoms with van der Waals surface area (Å²) in [5.41, 5.74) is 2.37. The maximum Gasteiger partial charge on any atom is 0.333 e. The molecule has 0 aliphatic heterocycles. The van der Waals surface area contributed by atoms with Gasteiger partial charge in [-0.15, -0.1) is 0 Å². The molecule has 0 aromatic heterocycles. The summed E-state index contributed by atoms with van der Waals surface area (Å²) < 4.78 is 10.9. The summed E-state index contributed by atoms with van der Waals surface area (Å²) in [4.78, 5) is 24.3. The van der Waals surface area contributed by atoms with Crippen molar-refractivity contribution < 1.29 is 19.1 Å². The van der Waals surface area contributed by atoms with Crippen molar-refractivity contribution in [1.29, 1.82) is 0 Å². The summed E-state index contributed by atoms with van der Waals surface area (Å²) in [6, 6.07) is 0. The normalized spacial score (nSPS) is 20.4. The lowest BCUT2D eigenvalue weighted by atomic mass is 9.72. The Hall–Kier alpha value is -1.58. The molecular formula is C23H38O4. The molecule has 27 heavy (non-hydrogen) atoms. The fraction of sp³-hybridized carbons (Fsp3) is 0.739. The van der Waals surface area contributed by atoms with E-state index in [0.29, 0.717) is 5.57 Å². The number of carbonyl (C=O) groups excluding carboxylic acids is 2. The first kappa shape index (κ1) is 23.5. The minimum atomic E-state index is -0.456. The second-order valence-corrected chi connectivity index (χ2v) is 9.18. The molecule has 0 aromatic carbocycles. The molecule has 0 heterocycles. The molecule has 1 unspecified atom stereocenters. The highest BCUT2D eigenvalue weighted by molar-refractivity contribution is 5.86. The van der Waals surface area contributed by atoms with Crippen LogP contribution in [0.15, 0.2) is 23.3 Å². The molecule has 1 aliphatic carbocycles. The summed E-state index contributed by atoms with van der Waals surface area (Å²) in [5.74, 6) is -0.557. The Morgan fingerprint density at radius 1 is 1.19 bits per heavy atom. The Balaban J connectivity index is 2.56. The van der Waals surface area contributed by atoms with Gasteiger partial charge < -0.3 is 9.47 Å². The standard InChI is InChI=1S/C23H38O4/c1-8-9-10-11-19-12-13-23(7,14-18(19)4)21(25)27-16-22(5,6)15-26-20(24)17(2)3/h2,8-16H2,1,3-7H3. The zero-order valence-electron chi connectivity index (χ0n) is 18.2. The molecule has 0 saturated carbocycles. The molecule has 4 nitrogen and oxygen atoms in total. The number of hydrogen-bond donors (Lipinski definition) is 0. The predicted molar refractivity (Wildman–Crippen MR) is 109 cm³/mol. The lowest BCUT2D eigenvalue weighted by molar-refractivity contribution is -0.161. The number of ether oxygens (including phenoxy) is 2. The van der Waals surface area contributed by atoms with Gasteiger partial charge in [0.15, 0.2) is 0 Å². The quantitative estimate of drug-likeness (QED) is 0.210. The fourth-order valence-electron chi connectivity index (χ4n) is 3.40. The Kier molecular flexibility index (Phi) is 8.77. The highest BCUT2D eigenvalue weighted by Gasteiger charge is 2.39. The maximum absolute atomic E-state index is 12.8. The van der Waals surface area contributed by atoms with Crippen molar-refractivity contribution in [3.63, 3.8) is 0 Å². The van der Waals surface area contributed by atoms with E-state index in [1.54, 1.807) is 6.92 Å². The Morgan fingerprint density at radius 3 is 2.37 bits per heavy atom. The number of rotatable bonds is 10. The van der Waals surface area contributed by atoms with E-state index in [1.807, 2.05) is 20.8 Å². The molecule has 0 fully saturated rings. The Labute approximate surface area is 165 Å². The lowest BCUT2D eigenvalue weighted by Gasteiger charge is -2.35. The third-order valence-electron chi connectivity index (χ3n) is 5.35. The third kappa shape index (κ3) is 7.51. The van der Waals surface area contributed by atoms with Gasteiger partial charge in [-0.25, -0.2) is 4.79 Å². The molecule has 0 saturated heterocycles. The maximum atomic E-state index is 12.8. The van der Waals surface area contributed by atoms with Crippen molar-refractivity contribution in [3.8, 4) is 0 Å². The van der Waals surface area contributed by atoms with Gasteiger partial charge in [0.1, 0.15) is 0 Å². The lowest BCUT2D eigenvalue weighted by Crippen LogP contribution is -2.36. The van der Waals surface area contributed by atoms with Gasteiger partial charge >= 0.3 is 11.9 Å². The van der Waals surface area contributed by atoms with E-state index in [2.05, 4.69) is 20.4 Å². The number of esters is 2.